The number of thiazole rings is 1. The van der Waals surface area contributed by atoms with Crippen molar-refractivity contribution in [2.24, 2.45) is 0 Å². The summed E-state index contributed by atoms with van der Waals surface area (Å²) in [4.78, 5) is 20.2. The van der Waals surface area contributed by atoms with Gasteiger partial charge in [0, 0.05) is 23.4 Å². The van der Waals surface area contributed by atoms with E-state index < -0.39 is 7.12 Å². The third kappa shape index (κ3) is 2.77. The Hall–Kier alpha value is -2.29. The van der Waals surface area contributed by atoms with Crippen molar-refractivity contribution in [3.05, 3.63) is 48.3 Å². The normalized spacial score (nSPS) is 10.6. The Bertz CT molecular complexity index is 792. The molecule has 0 fully saturated rings. The highest BCUT2D eigenvalue weighted by molar-refractivity contribution is 7.22. The molecular formula is C13H10BN3O3S. The van der Waals surface area contributed by atoms with Crippen LogP contribution in [0.15, 0.2) is 42.7 Å². The van der Waals surface area contributed by atoms with E-state index >= 15 is 0 Å². The first-order valence-electron chi connectivity index (χ1n) is 6.12. The highest BCUT2D eigenvalue weighted by atomic mass is 32.1. The number of hydrogen-bond donors (Lipinski definition) is 3. The van der Waals surface area contributed by atoms with Crippen molar-refractivity contribution in [3.8, 4) is 0 Å². The van der Waals surface area contributed by atoms with Gasteiger partial charge in [-0.15, -0.1) is 0 Å². The molecule has 0 saturated carbocycles. The van der Waals surface area contributed by atoms with E-state index in [4.69, 9.17) is 0 Å². The monoisotopic (exact) mass is 299 g/mol. The van der Waals surface area contributed by atoms with E-state index in [0.29, 0.717) is 20.9 Å². The third-order valence-corrected chi connectivity index (χ3v) is 3.77. The van der Waals surface area contributed by atoms with E-state index in [1.54, 1.807) is 30.5 Å². The molecule has 21 heavy (non-hydrogen) atoms. The maximum atomic E-state index is 12.1. The SMILES string of the molecule is O=C(Nc1nc2c(B(O)O)cncc2s1)c1ccccc1. The van der Waals surface area contributed by atoms with Crippen molar-refractivity contribution in [2.45, 2.75) is 0 Å². The van der Waals surface area contributed by atoms with Crippen LogP contribution >= 0.6 is 11.3 Å². The molecule has 6 nitrogen and oxygen atoms in total. The smallest absolute Gasteiger partial charge is 0.423 e. The summed E-state index contributed by atoms with van der Waals surface area (Å²) in [6.45, 7) is 0. The lowest BCUT2D eigenvalue weighted by atomic mass is 9.81. The fourth-order valence-electron chi connectivity index (χ4n) is 1.87. The van der Waals surface area contributed by atoms with Crippen molar-refractivity contribution in [1.29, 1.82) is 0 Å². The summed E-state index contributed by atoms with van der Waals surface area (Å²) in [6.07, 6.45) is 2.91. The van der Waals surface area contributed by atoms with E-state index in [0.717, 1.165) is 0 Å². The van der Waals surface area contributed by atoms with Gasteiger partial charge in [0.2, 0.25) is 0 Å². The second-order valence-electron chi connectivity index (χ2n) is 4.29. The Balaban J connectivity index is 1.92. The van der Waals surface area contributed by atoms with Crippen molar-refractivity contribution >= 4 is 45.2 Å². The molecule has 0 aliphatic heterocycles. The molecule has 8 heteroatoms. The molecule has 2 heterocycles. The average Bonchev–Trinajstić information content (AvgIpc) is 2.89. The van der Waals surface area contributed by atoms with Gasteiger partial charge in [-0.25, -0.2) is 4.98 Å². The number of nitrogens with one attached hydrogen (secondary N) is 1. The first-order valence-corrected chi connectivity index (χ1v) is 6.94. The van der Waals surface area contributed by atoms with E-state index in [1.807, 2.05) is 6.07 Å². The Labute approximate surface area is 124 Å². The minimum absolute atomic E-state index is 0.212. The molecule has 2 aromatic heterocycles. The third-order valence-electron chi connectivity index (χ3n) is 2.87. The molecule has 0 bridgehead atoms. The van der Waals surface area contributed by atoms with Gasteiger partial charge in [-0.2, -0.15) is 0 Å². The van der Waals surface area contributed by atoms with Crippen LogP contribution in [0.1, 0.15) is 10.4 Å². The number of anilines is 1. The molecule has 104 valence electrons. The Morgan fingerprint density at radius 1 is 1.19 bits per heavy atom. The number of carbonyl (C=O) groups excluding carboxylic acids is 1. The number of carbonyl (C=O) groups is 1. The van der Waals surface area contributed by atoms with Gasteiger partial charge in [-0.1, -0.05) is 29.5 Å². The quantitative estimate of drug-likeness (QED) is 0.616. The van der Waals surface area contributed by atoms with E-state index in [-0.39, 0.29) is 11.4 Å². The van der Waals surface area contributed by atoms with Crippen LogP contribution in [-0.2, 0) is 0 Å². The van der Waals surface area contributed by atoms with E-state index in [2.05, 4.69) is 15.3 Å². The molecule has 0 saturated heterocycles. The number of amides is 1. The average molecular weight is 299 g/mol. The summed E-state index contributed by atoms with van der Waals surface area (Å²) in [6, 6.07) is 8.78. The molecule has 0 spiro atoms. The van der Waals surface area contributed by atoms with E-state index in [1.165, 1.54) is 17.5 Å². The summed E-state index contributed by atoms with van der Waals surface area (Å²) >= 11 is 1.22. The zero-order valence-electron chi connectivity index (χ0n) is 10.7. The van der Waals surface area contributed by atoms with Crippen molar-refractivity contribution in [3.63, 3.8) is 0 Å². The Morgan fingerprint density at radius 3 is 2.67 bits per heavy atom. The van der Waals surface area contributed by atoms with Gasteiger partial charge in [-0.3, -0.25) is 15.1 Å². The summed E-state index contributed by atoms with van der Waals surface area (Å²) in [5.41, 5.74) is 1.16. The number of benzene rings is 1. The molecule has 1 aromatic carbocycles. The number of aromatic nitrogens is 2. The maximum Gasteiger partial charge on any atom is 0.492 e. The van der Waals surface area contributed by atoms with Crippen molar-refractivity contribution in [2.75, 3.05) is 5.32 Å². The maximum absolute atomic E-state index is 12.1. The van der Waals surface area contributed by atoms with Crippen LogP contribution in [0.5, 0.6) is 0 Å². The Kier molecular flexibility index (Phi) is 3.65. The summed E-state index contributed by atoms with van der Waals surface area (Å²) in [7, 11) is -1.65. The van der Waals surface area contributed by atoms with Gasteiger partial charge < -0.3 is 10.0 Å². The molecule has 0 atom stereocenters. The second-order valence-corrected chi connectivity index (χ2v) is 5.32. The number of fused-ring (bicyclic) bond motifs is 1. The van der Waals surface area contributed by atoms with E-state index in [9.17, 15) is 14.8 Å². The standard InChI is InChI=1S/C13H10BN3O3S/c18-12(8-4-2-1-3-5-8)17-13-16-11-9(14(19)20)6-15-7-10(11)21-13/h1-7,19-20H,(H,16,17,18). The van der Waals surface area contributed by atoms with Crippen molar-refractivity contribution in [1.82, 2.24) is 9.97 Å². The molecule has 3 rings (SSSR count). The molecular weight excluding hydrogens is 289 g/mol. The summed E-state index contributed by atoms with van der Waals surface area (Å²) < 4.78 is 0.670. The number of pyridine rings is 1. The molecule has 0 radical (unpaired) electrons. The second kappa shape index (κ2) is 5.61. The van der Waals surface area contributed by atoms with Crippen LogP contribution in [-0.4, -0.2) is 33.0 Å². The van der Waals surface area contributed by atoms with Gasteiger partial charge in [0.1, 0.15) is 0 Å². The Morgan fingerprint density at radius 2 is 1.95 bits per heavy atom. The lowest BCUT2D eigenvalue weighted by Crippen LogP contribution is -2.31. The molecule has 0 aliphatic carbocycles. The lowest BCUT2D eigenvalue weighted by molar-refractivity contribution is 0.102. The fraction of sp³-hybridized carbons (Fsp3) is 0. The number of rotatable bonds is 3. The summed E-state index contributed by atoms with van der Waals surface area (Å²) in [5, 5.41) is 21.6. The minimum atomic E-state index is -1.65. The molecule has 0 unspecified atom stereocenters. The highest BCUT2D eigenvalue weighted by Crippen LogP contribution is 2.24. The zero-order valence-corrected chi connectivity index (χ0v) is 11.5. The van der Waals surface area contributed by atoms with Crippen LogP contribution in [0.4, 0.5) is 5.13 Å². The van der Waals surface area contributed by atoms with Gasteiger partial charge >= 0.3 is 7.12 Å². The van der Waals surface area contributed by atoms with Gasteiger partial charge in [0.25, 0.3) is 5.91 Å². The van der Waals surface area contributed by atoms with Gasteiger partial charge in [0.15, 0.2) is 5.13 Å². The molecule has 3 aromatic rings. The fourth-order valence-corrected chi connectivity index (χ4v) is 2.74. The van der Waals surface area contributed by atoms with Crippen LogP contribution in [0, 0.1) is 0 Å². The first kappa shape index (κ1) is 13.7. The summed E-state index contributed by atoms with van der Waals surface area (Å²) in [5.74, 6) is -0.270. The number of hydrogen-bond acceptors (Lipinski definition) is 6. The van der Waals surface area contributed by atoms with Crippen LogP contribution in [0.2, 0.25) is 0 Å². The number of nitrogens with zero attached hydrogens (tertiary/aromatic N) is 2. The van der Waals surface area contributed by atoms with Crippen molar-refractivity contribution < 1.29 is 14.8 Å². The minimum Gasteiger partial charge on any atom is -0.423 e. The molecule has 3 N–H and O–H groups in total. The zero-order chi connectivity index (χ0) is 14.8. The topological polar surface area (TPSA) is 95.3 Å². The lowest BCUT2D eigenvalue weighted by Gasteiger charge is -2.00. The first-order chi connectivity index (χ1) is 10.1. The van der Waals surface area contributed by atoms with Crippen LogP contribution in [0.25, 0.3) is 10.2 Å². The predicted octanol–water partition coefficient (Wildman–Crippen LogP) is 0.623. The molecule has 0 aliphatic rings. The predicted molar refractivity (Wildman–Crippen MR) is 81.6 cm³/mol. The van der Waals surface area contributed by atoms with Crippen LogP contribution < -0.4 is 10.8 Å². The molecule has 1 amide bonds. The van der Waals surface area contributed by atoms with Gasteiger partial charge in [-0.05, 0) is 12.1 Å². The van der Waals surface area contributed by atoms with Gasteiger partial charge in [0.05, 0.1) is 10.2 Å². The van der Waals surface area contributed by atoms with Crippen LogP contribution in [0.3, 0.4) is 0 Å². The highest BCUT2D eigenvalue weighted by Gasteiger charge is 2.19. The largest absolute Gasteiger partial charge is 0.492 e.